The van der Waals surface area contributed by atoms with Crippen LogP contribution in [0.3, 0.4) is 0 Å². The van der Waals surface area contributed by atoms with Crippen LogP contribution in [0.2, 0.25) is 5.02 Å². The van der Waals surface area contributed by atoms with Gasteiger partial charge in [-0.15, -0.1) is 0 Å². The number of likely N-dealkylation sites (tertiary alicyclic amines) is 1. The van der Waals surface area contributed by atoms with Gasteiger partial charge in [-0.25, -0.2) is 0 Å². The molecule has 1 N–H and O–H groups in total. The van der Waals surface area contributed by atoms with Gasteiger partial charge < -0.3 is 15.0 Å². The van der Waals surface area contributed by atoms with E-state index in [-0.39, 0.29) is 11.9 Å². The molecule has 0 aliphatic carbocycles. The molecule has 1 fully saturated rings. The molecule has 1 amide bonds. The lowest BCUT2D eigenvalue weighted by Gasteiger charge is -2.18. The number of benzene rings is 1. The van der Waals surface area contributed by atoms with E-state index in [0.717, 1.165) is 28.7 Å². The van der Waals surface area contributed by atoms with E-state index in [0.29, 0.717) is 17.4 Å². The summed E-state index contributed by atoms with van der Waals surface area (Å²) in [7, 11) is 0. The molecule has 0 aromatic heterocycles. The van der Waals surface area contributed by atoms with Gasteiger partial charge in [-0.1, -0.05) is 35.6 Å². The molecule has 2 aliphatic rings. The number of fused-ring (bicyclic) bond motifs is 1. The molecule has 118 valence electrons. The summed E-state index contributed by atoms with van der Waals surface area (Å²) in [5.74, 6) is 1.09. The Labute approximate surface area is 144 Å². The van der Waals surface area contributed by atoms with Crippen LogP contribution in [0.4, 0.5) is 0 Å². The number of amides is 1. The molecule has 4 nitrogen and oxygen atoms in total. The van der Waals surface area contributed by atoms with Gasteiger partial charge in [-0.3, -0.25) is 4.79 Å². The van der Waals surface area contributed by atoms with Crippen LogP contribution in [0.25, 0.3) is 0 Å². The smallest absolute Gasteiger partial charge is 0.231 e. The fourth-order valence-corrected chi connectivity index (χ4v) is 3.90. The molecule has 0 saturated carbocycles. The van der Waals surface area contributed by atoms with Gasteiger partial charge in [0.25, 0.3) is 0 Å². The van der Waals surface area contributed by atoms with Crippen LogP contribution in [0.15, 0.2) is 18.2 Å². The quantitative estimate of drug-likeness (QED) is 0.843. The molecule has 1 atom stereocenters. The minimum absolute atomic E-state index is 0.0343. The summed E-state index contributed by atoms with van der Waals surface area (Å²) >= 11 is 12.8. The summed E-state index contributed by atoms with van der Waals surface area (Å²) < 4.78 is 6.38. The molecule has 1 aromatic rings. The van der Waals surface area contributed by atoms with E-state index in [1.165, 1.54) is 24.6 Å². The zero-order valence-electron chi connectivity index (χ0n) is 12.0. The number of ether oxygens (including phenoxy) is 1. The fraction of sp³-hybridized carbons (Fsp3) is 0.467. The van der Waals surface area contributed by atoms with Crippen molar-refractivity contribution >= 4 is 45.8 Å². The summed E-state index contributed by atoms with van der Waals surface area (Å²) in [6.07, 6.45) is 2.37. The summed E-state index contributed by atoms with van der Waals surface area (Å²) in [5.41, 5.74) is 0.938. The van der Waals surface area contributed by atoms with Crippen LogP contribution >= 0.6 is 35.6 Å². The van der Waals surface area contributed by atoms with Crippen molar-refractivity contribution < 1.29 is 9.53 Å². The van der Waals surface area contributed by atoms with Crippen molar-refractivity contribution in [2.45, 2.75) is 18.9 Å². The Kier molecular flexibility index (Phi) is 5.10. The van der Waals surface area contributed by atoms with Crippen LogP contribution in [0, 0.1) is 0 Å². The molecule has 1 saturated heterocycles. The minimum atomic E-state index is -0.137. The second kappa shape index (κ2) is 7.06. The fourth-order valence-electron chi connectivity index (χ4n) is 2.66. The highest BCUT2D eigenvalue weighted by Crippen LogP contribution is 2.34. The van der Waals surface area contributed by atoms with Crippen molar-refractivity contribution in [2.24, 2.45) is 0 Å². The van der Waals surface area contributed by atoms with Gasteiger partial charge in [0.2, 0.25) is 5.91 Å². The molecule has 0 radical (unpaired) electrons. The number of rotatable bonds is 3. The van der Waals surface area contributed by atoms with Crippen molar-refractivity contribution in [3.05, 3.63) is 28.8 Å². The zero-order valence-corrected chi connectivity index (χ0v) is 14.4. The first kappa shape index (κ1) is 15.9. The van der Waals surface area contributed by atoms with Crippen molar-refractivity contribution in [3.8, 4) is 5.75 Å². The molecule has 0 unspecified atom stereocenters. The lowest BCUT2D eigenvalue weighted by atomic mass is 10.1. The molecular weight excluding hydrogens is 340 g/mol. The average Bonchev–Trinajstić information content (AvgIpc) is 3.15. The predicted octanol–water partition coefficient (Wildman–Crippen LogP) is 3.00. The van der Waals surface area contributed by atoms with E-state index in [9.17, 15) is 4.79 Å². The van der Waals surface area contributed by atoms with Gasteiger partial charge in [0, 0.05) is 23.7 Å². The third kappa shape index (κ3) is 3.67. The van der Waals surface area contributed by atoms with Crippen LogP contribution < -0.4 is 10.1 Å². The van der Waals surface area contributed by atoms with Gasteiger partial charge in [0.15, 0.2) is 0 Å². The SMILES string of the molecule is O=C(CSC(=S)N1CCCC1)N[C@H]1COc2ccc(Cl)cc21. The Morgan fingerprint density at radius 3 is 3.00 bits per heavy atom. The predicted molar refractivity (Wildman–Crippen MR) is 93.7 cm³/mol. The molecular formula is C15H17ClN2O2S2. The van der Waals surface area contributed by atoms with E-state index in [4.69, 9.17) is 28.6 Å². The summed E-state index contributed by atoms with van der Waals surface area (Å²) in [6.45, 7) is 2.47. The van der Waals surface area contributed by atoms with E-state index in [1.54, 1.807) is 6.07 Å². The molecule has 7 heteroatoms. The maximum atomic E-state index is 12.1. The molecule has 0 bridgehead atoms. The van der Waals surface area contributed by atoms with E-state index >= 15 is 0 Å². The Balaban J connectivity index is 1.51. The number of halogens is 1. The first-order chi connectivity index (χ1) is 10.6. The molecule has 3 rings (SSSR count). The van der Waals surface area contributed by atoms with E-state index in [2.05, 4.69) is 10.2 Å². The first-order valence-electron chi connectivity index (χ1n) is 7.27. The number of carbonyl (C=O) groups excluding carboxylic acids is 1. The largest absolute Gasteiger partial charge is 0.491 e. The number of nitrogens with zero attached hydrogens (tertiary/aromatic N) is 1. The van der Waals surface area contributed by atoms with Crippen LogP contribution in [0.1, 0.15) is 24.4 Å². The summed E-state index contributed by atoms with van der Waals surface area (Å²) in [4.78, 5) is 14.3. The normalized spacial score (nSPS) is 19.7. The van der Waals surface area contributed by atoms with E-state index < -0.39 is 0 Å². The highest BCUT2D eigenvalue weighted by molar-refractivity contribution is 8.23. The zero-order chi connectivity index (χ0) is 15.5. The Morgan fingerprint density at radius 2 is 2.23 bits per heavy atom. The second-order valence-electron chi connectivity index (χ2n) is 5.36. The van der Waals surface area contributed by atoms with Gasteiger partial charge in [0.1, 0.15) is 16.7 Å². The highest BCUT2D eigenvalue weighted by atomic mass is 35.5. The third-order valence-electron chi connectivity index (χ3n) is 3.78. The molecule has 1 aromatic carbocycles. The maximum absolute atomic E-state index is 12.1. The Hall–Kier alpha value is -0.980. The third-order valence-corrected chi connectivity index (χ3v) is 5.54. The van der Waals surface area contributed by atoms with Crippen LogP contribution in [-0.2, 0) is 4.79 Å². The van der Waals surface area contributed by atoms with Crippen molar-refractivity contribution in [1.82, 2.24) is 10.2 Å². The van der Waals surface area contributed by atoms with Crippen molar-refractivity contribution in [1.29, 1.82) is 0 Å². The van der Waals surface area contributed by atoms with Crippen molar-refractivity contribution in [3.63, 3.8) is 0 Å². The number of carbonyl (C=O) groups is 1. The van der Waals surface area contributed by atoms with Crippen LogP contribution in [-0.4, -0.2) is 40.6 Å². The summed E-state index contributed by atoms with van der Waals surface area (Å²) in [6, 6.07) is 5.33. The number of thiocarbonyl (C=S) groups is 1. The van der Waals surface area contributed by atoms with Gasteiger partial charge in [-0.2, -0.15) is 0 Å². The topological polar surface area (TPSA) is 41.6 Å². The number of thioether (sulfide) groups is 1. The minimum Gasteiger partial charge on any atom is -0.491 e. The Morgan fingerprint density at radius 1 is 1.45 bits per heavy atom. The van der Waals surface area contributed by atoms with Crippen molar-refractivity contribution in [2.75, 3.05) is 25.4 Å². The van der Waals surface area contributed by atoms with E-state index in [1.807, 2.05) is 12.1 Å². The molecule has 2 aliphatic heterocycles. The average molecular weight is 357 g/mol. The molecule has 2 heterocycles. The van der Waals surface area contributed by atoms with Crippen LogP contribution in [0.5, 0.6) is 5.75 Å². The van der Waals surface area contributed by atoms with Gasteiger partial charge in [-0.05, 0) is 31.0 Å². The second-order valence-corrected chi connectivity index (χ2v) is 7.41. The monoisotopic (exact) mass is 356 g/mol. The van der Waals surface area contributed by atoms with Gasteiger partial charge in [0.05, 0.1) is 11.8 Å². The highest BCUT2D eigenvalue weighted by Gasteiger charge is 2.26. The number of nitrogens with one attached hydrogen (secondary N) is 1. The number of hydrogen-bond acceptors (Lipinski definition) is 4. The Bertz CT molecular complexity index is 591. The first-order valence-corrected chi connectivity index (χ1v) is 9.04. The molecule has 0 spiro atoms. The lowest BCUT2D eigenvalue weighted by Crippen LogP contribution is -2.32. The maximum Gasteiger partial charge on any atom is 0.231 e. The summed E-state index contributed by atoms with van der Waals surface area (Å²) in [5, 5.41) is 3.63. The lowest BCUT2D eigenvalue weighted by molar-refractivity contribution is -0.119. The standard InChI is InChI=1S/C15H17ClN2O2S2/c16-10-3-4-13-11(7-10)12(8-20-13)17-14(19)9-22-15(21)18-5-1-2-6-18/h3-4,7,12H,1-2,5-6,8-9H2,(H,17,19)/t12-/m0/s1. The van der Waals surface area contributed by atoms with Gasteiger partial charge >= 0.3 is 0 Å². The molecule has 22 heavy (non-hydrogen) atoms. The number of hydrogen-bond donors (Lipinski definition) is 1.